The van der Waals surface area contributed by atoms with Gasteiger partial charge in [0.2, 0.25) is 10.9 Å². The minimum atomic E-state index is -1.36. The van der Waals surface area contributed by atoms with Crippen LogP contribution in [0, 0.1) is 11.6 Å². The molecule has 4 heterocycles. The van der Waals surface area contributed by atoms with Crippen LogP contribution in [0.15, 0.2) is 56.9 Å². The summed E-state index contributed by atoms with van der Waals surface area (Å²) in [6.45, 7) is 1.21. The normalized spacial score (nSPS) is 18.3. The highest BCUT2D eigenvalue weighted by atomic mass is 35.5. The molecular formula is C42H47ClF4N6O8. The fourth-order valence-corrected chi connectivity index (χ4v) is 8.34. The quantitative estimate of drug-likeness (QED) is 0.171. The van der Waals surface area contributed by atoms with Crippen LogP contribution in [-0.2, 0) is 0 Å². The Hall–Kier alpha value is -5.59. The highest BCUT2D eigenvalue weighted by molar-refractivity contribution is 5.98. The van der Waals surface area contributed by atoms with Gasteiger partial charge >= 0.3 is 11.9 Å². The largest absolute Gasteiger partial charge is 1.00 e. The molecule has 0 atom stereocenters. The van der Waals surface area contributed by atoms with Crippen molar-refractivity contribution in [3.05, 3.63) is 90.5 Å². The van der Waals surface area contributed by atoms with Crippen LogP contribution in [0.25, 0.3) is 21.8 Å². The van der Waals surface area contributed by atoms with Gasteiger partial charge in [-0.1, -0.05) is 0 Å². The zero-order valence-corrected chi connectivity index (χ0v) is 34.4. The van der Waals surface area contributed by atoms with Crippen LogP contribution >= 0.6 is 0 Å². The number of carboxylic acid groups (broad SMARTS) is 2. The van der Waals surface area contributed by atoms with Crippen LogP contribution in [-0.4, -0.2) is 84.8 Å². The molecule has 0 bridgehead atoms. The molecule has 0 amide bonds. The number of nitrogens with two attached hydrogens (primary N) is 1. The number of hydrogen-bond acceptors (Lipinski definition) is 9. The molecule has 8 rings (SSSR count). The number of aromatic nitrogens is 2. The lowest BCUT2D eigenvalue weighted by Crippen LogP contribution is -3.00. The van der Waals surface area contributed by atoms with Gasteiger partial charge in [0.25, 0.3) is 0 Å². The molecule has 2 aromatic heterocycles. The second kappa shape index (κ2) is 18.2. The summed E-state index contributed by atoms with van der Waals surface area (Å²) in [4.78, 5) is 52.0. The van der Waals surface area contributed by atoms with Gasteiger partial charge in [-0.05, 0) is 74.6 Å². The van der Waals surface area contributed by atoms with Gasteiger partial charge in [-0.15, -0.1) is 0 Å². The molecule has 2 aliphatic heterocycles. The van der Waals surface area contributed by atoms with Gasteiger partial charge in [0.15, 0.2) is 29.0 Å². The number of quaternary nitrogens is 1. The molecule has 4 aromatic rings. The van der Waals surface area contributed by atoms with Gasteiger partial charge < -0.3 is 62.5 Å². The van der Waals surface area contributed by atoms with Crippen molar-refractivity contribution < 1.29 is 65.0 Å². The summed E-state index contributed by atoms with van der Waals surface area (Å²) in [7, 11) is 2.77. The Labute approximate surface area is 353 Å². The maximum Gasteiger partial charge on any atom is 0.341 e. The molecule has 0 unspecified atom stereocenters. The lowest BCUT2D eigenvalue weighted by molar-refractivity contribution is -0.359. The number of carboxylic acids is 2. The molecule has 0 radical (unpaired) electrons. The SMILES string of the molecule is COc1c(N2CCC/C(=C(\F)CN)C2)c(F)cc2c(=O)c(C(=O)O)cn(C3CC3)c12.COc1c(N2CCC/C(=C(\F)C[NH3+])C2)c(F)cc2c(=O)c(C(=O)O)cn(C3CC3)c12.[Cl-]. The third kappa shape index (κ3) is 8.52. The van der Waals surface area contributed by atoms with Crippen LogP contribution in [0.4, 0.5) is 28.9 Å². The molecule has 328 valence electrons. The number of hydrogen-bond donors (Lipinski definition) is 4. The summed E-state index contributed by atoms with van der Waals surface area (Å²) in [6.07, 6.45) is 8.35. The third-order valence-corrected chi connectivity index (χ3v) is 11.5. The smallest absolute Gasteiger partial charge is 0.341 e. The first-order valence-electron chi connectivity index (χ1n) is 19.8. The number of anilines is 2. The van der Waals surface area contributed by atoms with Gasteiger partial charge in [0.05, 0.1) is 36.0 Å². The molecule has 4 fully saturated rings. The van der Waals surface area contributed by atoms with Crippen LogP contribution in [0.5, 0.6) is 11.5 Å². The first kappa shape index (κ1) is 44.9. The average Bonchev–Trinajstić information content (AvgIpc) is 4.18. The number of halogens is 5. The van der Waals surface area contributed by atoms with Crippen LogP contribution in [0.3, 0.4) is 0 Å². The number of aromatic carboxylic acids is 2. The lowest BCUT2D eigenvalue weighted by Gasteiger charge is -2.33. The lowest BCUT2D eigenvalue weighted by atomic mass is 10.0. The van der Waals surface area contributed by atoms with Crippen molar-refractivity contribution in [2.75, 3.05) is 63.3 Å². The van der Waals surface area contributed by atoms with Crippen molar-refractivity contribution >= 4 is 45.1 Å². The molecule has 4 aliphatic rings. The highest BCUT2D eigenvalue weighted by Crippen LogP contribution is 2.46. The Kier molecular flexibility index (Phi) is 13.4. The number of carbonyl (C=O) groups is 2. The van der Waals surface area contributed by atoms with Crippen molar-refractivity contribution in [3.63, 3.8) is 0 Å². The first-order chi connectivity index (χ1) is 28.7. The summed E-state index contributed by atoms with van der Waals surface area (Å²) in [5.74, 6) is -4.49. The topological polar surface area (TPSA) is 197 Å². The molecule has 61 heavy (non-hydrogen) atoms. The van der Waals surface area contributed by atoms with E-state index in [0.29, 0.717) is 61.0 Å². The van der Waals surface area contributed by atoms with E-state index in [1.54, 1.807) is 18.9 Å². The second-order valence-corrected chi connectivity index (χ2v) is 15.4. The van der Waals surface area contributed by atoms with E-state index in [2.05, 4.69) is 5.73 Å². The van der Waals surface area contributed by atoms with E-state index in [0.717, 1.165) is 37.8 Å². The zero-order valence-electron chi connectivity index (χ0n) is 33.7. The van der Waals surface area contributed by atoms with E-state index < -0.39 is 51.4 Å². The first-order valence-corrected chi connectivity index (χ1v) is 19.8. The molecule has 19 heteroatoms. The number of benzene rings is 2. The van der Waals surface area contributed by atoms with E-state index >= 15 is 8.78 Å². The Morgan fingerprint density at radius 3 is 1.48 bits per heavy atom. The van der Waals surface area contributed by atoms with Crippen molar-refractivity contribution in [2.24, 2.45) is 5.73 Å². The molecule has 0 spiro atoms. The molecule has 14 nitrogen and oxygen atoms in total. The Balaban J connectivity index is 0.000000201. The van der Waals surface area contributed by atoms with E-state index in [4.69, 9.17) is 15.2 Å². The second-order valence-electron chi connectivity index (χ2n) is 15.4. The monoisotopic (exact) mass is 874 g/mol. The summed E-state index contributed by atoms with van der Waals surface area (Å²) in [6, 6.07) is 2.19. The number of rotatable bonds is 10. The molecule has 2 aliphatic carbocycles. The Morgan fingerprint density at radius 2 is 1.15 bits per heavy atom. The van der Waals surface area contributed by atoms with Crippen LogP contribution in [0.1, 0.15) is 84.2 Å². The molecule has 2 saturated heterocycles. The van der Waals surface area contributed by atoms with Crippen molar-refractivity contribution in [2.45, 2.75) is 63.5 Å². The zero-order chi connectivity index (χ0) is 43.2. The van der Waals surface area contributed by atoms with Crippen LogP contribution < -0.4 is 54.0 Å². The number of pyridine rings is 2. The highest BCUT2D eigenvalue weighted by Gasteiger charge is 2.34. The number of piperidine rings is 2. The molecular weight excluding hydrogens is 828 g/mol. The Morgan fingerprint density at radius 1 is 0.754 bits per heavy atom. The van der Waals surface area contributed by atoms with Gasteiger partial charge in [-0.3, -0.25) is 9.59 Å². The Bertz CT molecular complexity index is 2430. The summed E-state index contributed by atoms with van der Waals surface area (Å²) in [5.41, 5.74) is 8.84. The fourth-order valence-electron chi connectivity index (χ4n) is 8.34. The minimum absolute atomic E-state index is 0. The summed E-state index contributed by atoms with van der Waals surface area (Å²) >= 11 is 0. The number of nitrogens with zero attached hydrogens (tertiary/aromatic N) is 4. The number of fused-ring (bicyclic) bond motifs is 2. The average molecular weight is 875 g/mol. The maximum atomic E-state index is 15.3. The van der Waals surface area contributed by atoms with E-state index in [9.17, 15) is 38.2 Å². The van der Waals surface area contributed by atoms with E-state index in [-0.39, 0.29) is 90.1 Å². The molecule has 2 aromatic carbocycles. The van der Waals surface area contributed by atoms with Crippen molar-refractivity contribution in [3.8, 4) is 11.5 Å². The third-order valence-electron chi connectivity index (χ3n) is 11.5. The number of ether oxygens (including phenoxy) is 2. The predicted molar refractivity (Wildman–Crippen MR) is 216 cm³/mol. The van der Waals surface area contributed by atoms with Gasteiger partial charge in [0, 0.05) is 57.2 Å². The van der Waals surface area contributed by atoms with E-state index in [1.165, 1.54) is 26.6 Å². The molecule has 7 N–H and O–H groups in total. The van der Waals surface area contributed by atoms with Crippen molar-refractivity contribution in [1.29, 1.82) is 0 Å². The van der Waals surface area contributed by atoms with E-state index in [1.807, 2.05) is 0 Å². The van der Waals surface area contributed by atoms with Crippen LogP contribution in [0.2, 0.25) is 0 Å². The van der Waals surface area contributed by atoms with Gasteiger partial charge in [-0.2, -0.15) is 0 Å². The fraction of sp³-hybridized carbons (Fsp3) is 0.429. The van der Waals surface area contributed by atoms with Gasteiger partial charge in [0.1, 0.15) is 34.9 Å². The number of methoxy groups -OCH3 is 2. The predicted octanol–water partition coefficient (Wildman–Crippen LogP) is 2.22. The standard InChI is InChI=1S/2C21H23F2N3O4.ClH/c2*1-30-20-17-13(19(27)14(21(28)29)10-26(17)12-4-5-12)7-15(22)18(20)25-6-2-3-11(9-25)16(23)8-24;/h2*7,10,12H,2-6,8-9,24H2,1H3,(H,28,29);1H/b2*16-11+;. The minimum Gasteiger partial charge on any atom is -1.00 e. The molecule has 2 saturated carbocycles. The summed E-state index contributed by atoms with van der Waals surface area (Å²) in [5, 5.41) is 18.8. The van der Waals surface area contributed by atoms with Crippen molar-refractivity contribution in [1.82, 2.24) is 9.13 Å². The van der Waals surface area contributed by atoms with Gasteiger partial charge in [-0.25, -0.2) is 27.2 Å². The maximum absolute atomic E-state index is 15.3. The summed E-state index contributed by atoms with van der Waals surface area (Å²) < 4.78 is 73.4.